The summed E-state index contributed by atoms with van der Waals surface area (Å²) < 4.78 is 5.04. The van der Waals surface area contributed by atoms with Gasteiger partial charge in [0.15, 0.2) is 0 Å². The molecule has 2 amide bonds. The standard InChI is InChI=1S/C18H19ClN2O3/c1-2-24-17(22)16(12-13-6-4-3-5-7-13)21-18(23)20-15-10-8-14(19)9-11-15/h3-11,16H,2,12H2,1H3,(H2,20,21,23). The fourth-order valence-corrected chi connectivity index (χ4v) is 2.27. The van der Waals surface area contributed by atoms with E-state index in [1.807, 2.05) is 30.3 Å². The lowest BCUT2D eigenvalue weighted by Gasteiger charge is -2.18. The molecule has 0 radical (unpaired) electrons. The first-order valence-electron chi connectivity index (χ1n) is 7.62. The third-order valence-corrected chi connectivity index (χ3v) is 3.51. The molecule has 0 saturated heterocycles. The van der Waals surface area contributed by atoms with Gasteiger partial charge in [-0.2, -0.15) is 0 Å². The van der Waals surface area contributed by atoms with Crippen LogP contribution in [0.5, 0.6) is 0 Å². The number of halogens is 1. The molecule has 2 aromatic rings. The van der Waals surface area contributed by atoms with Crippen LogP contribution in [0.3, 0.4) is 0 Å². The molecule has 0 aromatic heterocycles. The van der Waals surface area contributed by atoms with E-state index >= 15 is 0 Å². The van der Waals surface area contributed by atoms with Gasteiger partial charge in [-0.15, -0.1) is 0 Å². The number of nitrogens with one attached hydrogen (secondary N) is 2. The van der Waals surface area contributed by atoms with E-state index in [1.54, 1.807) is 31.2 Å². The second-order valence-electron chi connectivity index (χ2n) is 5.10. The molecule has 0 aliphatic rings. The zero-order valence-corrected chi connectivity index (χ0v) is 14.0. The number of ether oxygens (including phenoxy) is 1. The molecule has 24 heavy (non-hydrogen) atoms. The fourth-order valence-electron chi connectivity index (χ4n) is 2.14. The monoisotopic (exact) mass is 346 g/mol. The summed E-state index contributed by atoms with van der Waals surface area (Å²) in [4.78, 5) is 24.2. The molecular formula is C18H19ClN2O3. The fraction of sp³-hybridized carbons (Fsp3) is 0.222. The number of urea groups is 1. The third kappa shape index (κ3) is 5.59. The Labute approximate surface area is 146 Å². The Morgan fingerprint density at radius 1 is 1.08 bits per heavy atom. The van der Waals surface area contributed by atoms with Crippen molar-refractivity contribution < 1.29 is 14.3 Å². The molecule has 5 nitrogen and oxygen atoms in total. The number of hydrogen-bond donors (Lipinski definition) is 2. The largest absolute Gasteiger partial charge is 0.464 e. The number of rotatable bonds is 6. The first-order chi connectivity index (χ1) is 11.6. The van der Waals surface area contributed by atoms with Crippen molar-refractivity contribution in [2.75, 3.05) is 11.9 Å². The highest BCUT2D eigenvalue weighted by Gasteiger charge is 2.22. The van der Waals surface area contributed by atoms with Gasteiger partial charge < -0.3 is 15.4 Å². The van der Waals surface area contributed by atoms with Crippen LogP contribution in [0, 0.1) is 0 Å². The summed E-state index contributed by atoms with van der Waals surface area (Å²) in [5.74, 6) is -0.465. The molecule has 0 spiro atoms. The first-order valence-corrected chi connectivity index (χ1v) is 8.00. The predicted molar refractivity (Wildman–Crippen MR) is 94.2 cm³/mol. The summed E-state index contributed by atoms with van der Waals surface area (Å²) >= 11 is 5.81. The highest BCUT2D eigenvalue weighted by atomic mass is 35.5. The number of benzene rings is 2. The molecule has 2 rings (SSSR count). The van der Waals surface area contributed by atoms with Gasteiger partial charge in [0.2, 0.25) is 0 Å². The highest BCUT2D eigenvalue weighted by molar-refractivity contribution is 6.30. The Balaban J connectivity index is 2.02. The summed E-state index contributed by atoms with van der Waals surface area (Å²) in [6.07, 6.45) is 0.355. The first kappa shape index (κ1) is 17.8. The van der Waals surface area contributed by atoms with E-state index in [0.717, 1.165) is 5.56 Å². The lowest BCUT2D eigenvalue weighted by Crippen LogP contribution is -2.45. The van der Waals surface area contributed by atoms with Crippen molar-refractivity contribution in [3.63, 3.8) is 0 Å². The lowest BCUT2D eigenvalue weighted by atomic mass is 10.1. The Morgan fingerprint density at radius 2 is 1.75 bits per heavy atom. The van der Waals surface area contributed by atoms with Gasteiger partial charge in [-0.25, -0.2) is 9.59 Å². The zero-order chi connectivity index (χ0) is 17.4. The second-order valence-corrected chi connectivity index (χ2v) is 5.54. The quantitative estimate of drug-likeness (QED) is 0.785. The molecule has 2 N–H and O–H groups in total. The van der Waals surface area contributed by atoms with Crippen molar-refractivity contribution in [1.82, 2.24) is 5.32 Å². The summed E-state index contributed by atoms with van der Waals surface area (Å²) in [7, 11) is 0. The van der Waals surface area contributed by atoms with Crippen molar-refractivity contribution in [2.24, 2.45) is 0 Å². The minimum atomic E-state index is -0.764. The van der Waals surface area contributed by atoms with E-state index < -0.39 is 18.0 Å². The molecule has 0 heterocycles. The van der Waals surface area contributed by atoms with E-state index in [0.29, 0.717) is 17.1 Å². The van der Waals surface area contributed by atoms with Crippen molar-refractivity contribution in [3.8, 4) is 0 Å². The topological polar surface area (TPSA) is 67.4 Å². The van der Waals surface area contributed by atoms with Crippen molar-refractivity contribution in [1.29, 1.82) is 0 Å². The second kappa shape index (κ2) is 8.93. The Hall–Kier alpha value is -2.53. The summed E-state index contributed by atoms with van der Waals surface area (Å²) in [5.41, 5.74) is 1.52. The smallest absolute Gasteiger partial charge is 0.329 e. The number of carbonyl (C=O) groups excluding carboxylic acids is 2. The summed E-state index contributed by atoms with van der Waals surface area (Å²) in [6, 6.07) is 14.9. The molecule has 0 aliphatic carbocycles. The van der Waals surface area contributed by atoms with Crippen LogP contribution in [0.25, 0.3) is 0 Å². The van der Waals surface area contributed by atoms with E-state index in [1.165, 1.54) is 0 Å². The van der Waals surface area contributed by atoms with Gasteiger partial charge in [-0.3, -0.25) is 0 Å². The molecule has 6 heteroatoms. The van der Waals surface area contributed by atoms with E-state index in [4.69, 9.17) is 16.3 Å². The van der Waals surface area contributed by atoms with Gasteiger partial charge in [0.05, 0.1) is 6.61 Å². The maximum atomic E-state index is 12.1. The van der Waals surface area contributed by atoms with Crippen molar-refractivity contribution >= 4 is 29.3 Å². The zero-order valence-electron chi connectivity index (χ0n) is 13.3. The molecule has 1 atom stereocenters. The van der Waals surface area contributed by atoms with Crippen molar-refractivity contribution in [3.05, 3.63) is 65.2 Å². The Morgan fingerprint density at radius 3 is 2.38 bits per heavy atom. The number of anilines is 1. The minimum absolute atomic E-state index is 0.255. The predicted octanol–water partition coefficient (Wildman–Crippen LogP) is 3.64. The minimum Gasteiger partial charge on any atom is -0.464 e. The maximum absolute atomic E-state index is 12.1. The molecule has 0 bridgehead atoms. The Bertz CT molecular complexity index is 674. The molecule has 126 valence electrons. The average molecular weight is 347 g/mol. The SMILES string of the molecule is CCOC(=O)C(Cc1ccccc1)NC(=O)Nc1ccc(Cl)cc1. The molecule has 1 unspecified atom stereocenters. The number of hydrogen-bond acceptors (Lipinski definition) is 3. The van der Waals surface area contributed by atoms with Crippen LogP contribution in [-0.2, 0) is 16.0 Å². The van der Waals surface area contributed by atoms with Gasteiger partial charge >= 0.3 is 12.0 Å². The van der Waals surface area contributed by atoms with Gasteiger partial charge in [0.1, 0.15) is 6.04 Å². The summed E-state index contributed by atoms with van der Waals surface area (Å²) in [5, 5.41) is 5.90. The van der Waals surface area contributed by atoms with E-state index in [2.05, 4.69) is 10.6 Å². The molecule has 0 saturated carbocycles. The third-order valence-electron chi connectivity index (χ3n) is 3.26. The molecule has 2 aromatic carbocycles. The van der Waals surface area contributed by atoms with Gasteiger partial charge in [0.25, 0.3) is 0 Å². The Kier molecular flexibility index (Phi) is 6.63. The van der Waals surface area contributed by atoms with Crippen LogP contribution in [0.4, 0.5) is 10.5 Å². The molecular weight excluding hydrogens is 328 g/mol. The van der Waals surface area contributed by atoms with Gasteiger partial charge in [0, 0.05) is 17.1 Å². The summed E-state index contributed by atoms with van der Waals surface area (Å²) in [6.45, 7) is 1.98. The van der Waals surface area contributed by atoms with Crippen molar-refractivity contribution in [2.45, 2.75) is 19.4 Å². The number of amides is 2. The van der Waals surface area contributed by atoms with E-state index in [9.17, 15) is 9.59 Å². The average Bonchev–Trinajstić information content (AvgIpc) is 2.57. The lowest BCUT2D eigenvalue weighted by molar-refractivity contribution is -0.145. The van der Waals surface area contributed by atoms with Gasteiger partial charge in [-0.1, -0.05) is 41.9 Å². The van der Waals surface area contributed by atoms with Crippen LogP contribution in [0.15, 0.2) is 54.6 Å². The van der Waals surface area contributed by atoms with Crippen LogP contribution >= 0.6 is 11.6 Å². The highest BCUT2D eigenvalue weighted by Crippen LogP contribution is 2.13. The van der Waals surface area contributed by atoms with Crippen LogP contribution in [0.1, 0.15) is 12.5 Å². The molecule has 0 fully saturated rings. The van der Waals surface area contributed by atoms with Crippen LogP contribution in [-0.4, -0.2) is 24.6 Å². The number of esters is 1. The van der Waals surface area contributed by atoms with Crippen LogP contribution in [0.2, 0.25) is 5.02 Å². The molecule has 0 aliphatic heterocycles. The normalized spacial score (nSPS) is 11.4. The van der Waals surface area contributed by atoms with Gasteiger partial charge in [-0.05, 0) is 36.8 Å². The maximum Gasteiger partial charge on any atom is 0.329 e. The van der Waals surface area contributed by atoms with E-state index in [-0.39, 0.29) is 6.61 Å². The van der Waals surface area contributed by atoms with Crippen LogP contribution < -0.4 is 10.6 Å². The number of carbonyl (C=O) groups is 2.